The Morgan fingerprint density at radius 1 is 1.36 bits per heavy atom. The lowest BCUT2D eigenvalue weighted by Gasteiger charge is -2.29. The molecule has 0 spiro atoms. The number of likely N-dealkylation sites (N-methyl/N-ethyl adjacent to an activating group) is 1. The molecule has 7 nitrogen and oxygen atoms in total. The Balaban J connectivity index is 2.22. The molecule has 1 unspecified atom stereocenters. The van der Waals surface area contributed by atoms with E-state index in [1.165, 1.54) is 17.8 Å². The summed E-state index contributed by atoms with van der Waals surface area (Å²) in [4.78, 5) is 28.6. The van der Waals surface area contributed by atoms with E-state index in [2.05, 4.69) is 4.72 Å². The number of hydrogen-bond donors (Lipinski definition) is 1. The van der Waals surface area contributed by atoms with Crippen molar-refractivity contribution in [3.63, 3.8) is 0 Å². The van der Waals surface area contributed by atoms with Gasteiger partial charge in [0.25, 0.3) is 5.91 Å². The Kier molecular flexibility index (Phi) is 5.99. The number of nitrogens with zero attached hydrogens (tertiary/aromatic N) is 2. The van der Waals surface area contributed by atoms with Gasteiger partial charge in [-0.05, 0) is 32.0 Å². The van der Waals surface area contributed by atoms with Crippen LogP contribution in [0, 0.1) is 0 Å². The van der Waals surface area contributed by atoms with Gasteiger partial charge in [0.15, 0.2) is 0 Å². The smallest absolute Gasteiger partial charge is 0.255 e. The van der Waals surface area contributed by atoms with Crippen molar-refractivity contribution in [2.45, 2.75) is 25.9 Å². The fourth-order valence-corrected chi connectivity index (χ4v) is 4.13. The highest BCUT2D eigenvalue weighted by Crippen LogP contribution is 2.25. The summed E-state index contributed by atoms with van der Waals surface area (Å²) < 4.78 is 25.1. The van der Waals surface area contributed by atoms with Gasteiger partial charge in [0.2, 0.25) is 15.9 Å². The lowest BCUT2D eigenvalue weighted by atomic mass is 10.1. The van der Waals surface area contributed by atoms with Crippen LogP contribution < -0.4 is 4.72 Å². The lowest BCUT2D eigenvalue weighted by molar-refractivity contribution is -0.135. The first kappa shape index (κ1) is 19.6. The van der Waals surface area contributed by atoms with E-state index in [9.17, 15) is 18.0 Å². The topological polar surface area (TPSA) is 86.8 Å². The van der Waals surface area contributed by atoms with Crippen molar-refractivity contribution >= 4 is 39.3 Å². The van der Waals surface area contributed by atoms with Crippen molar-refractivity contribution in [1.82, 2.24) is 9.80 Å². The molecule has 1 aliphatic rings. The second kappa shape index (κ2) is 7.65. The van der Waals surface area contributed by atoms with Crippen LogP contribution in [-0.4, -0.2) is 67.0 Å². The molecule has 0 aliphatic carbocycles. The minimum atomic E-state index is -3.42. The summed E-state index contributed by atoms with van der Waals surface area (Å²) in [5.41, 5.74) is 0.670. The Bertz CT molecular complexity index is 764. The molecule has 9 heteroatoms. The molecule has 1 aromatic carbocycles. The fraction of sp³-hybridized carbons (Fsp3) is 0.500. The van der Waals surface area contributed by atoms with E-state index in [0.717, 1.165) is 6.26 Å². The first-order chi connectivity index (χ1) is 11.6. The Hall–Kier alpha value is -1.74. The minimum Gasteiger partial charge on any atom is -0.342 e. The third-order valence-corrected chi connectivity index (χ3v) is 5.58. The van der Waals surface area contributed by atoms with E-state index in [1.807, 2.05) is 13.8 Å². The maximum atomic E-state index is 12.8. The monoisotopic (exact) mass is 385 g/mol. The van der Waals surface area contributed by atoms with Crippen molar-refractivity contribution in [1.29, 1.82) is 0 Å². The number of benzene rings is 1. The average molecular weight is 386 g/mol. The lowest BCUT2D eigenvalue weighted by Crippen LogP contribution is -2.49. The van der Waals surface area contributed by atoms with Gasteiger partial charge >= 0.3 is 0 Å². The van der Waals surface area contributed by atoms with Gasteiger partial charge in [-0.15, -0.1) is 11.8 Å². The van der Waals surface area contributed by atoms with Gasteiger partial charge in [-0.25, -0.2) is 8.42 Å². The number of thioether (sulfide) groups is 1. The van der Waals surface area contributed by atoms with E-state index in [0.29, 0.717) is 22.9 Å². The summed E-state index contributed by atoms with van der Waals surface area (Å²) in [6.07, 6.45) is 1.05. The number of sulfonamides is 1. The highest BCUT2D eigenvalue weighted by molar-refractivity contribution is 7.99. The van der Waals surface area contributed by atoms with Crippen molar-refractivity contribution in [2.24, 2.45) is 0 Å². The molecular weight excluding hydrogens is 362 g/mol. The number of carbonyl (C=O) groups is 2. The van der Waals surface area contributed by atoms with Crippen molar-refractivity contribution in [2.75, 3.05) is 29.7 Å². The summed E-state index contributed by atoms with van der Waals surface area (Å²) in [5, 5.41) is 0. The molecular formula is C16H23N3O4S2. The van der Waals surface area contributed by atoms with Crippen molar-refractivity contribution in [3.8, 4) is 0 Å². The SMILES string of the molecule is CC(C)N(C)C(=O)C1CSCN1C(=O)c1cccc(NS(C)(=O)=O)c1. The molecule has 1 aliphatic heterocycles. The normalized spacial score (nSPS) is 17.6. The molecule has 0 aromatic heterocycles. The van der Waals surface area contributed by atoms with Gasteiger partial charge < -0.3 is 9.80 Å². The van der Waals surface area contributed by atoms with Gasteiger partial charge in [-0.2, -0.15) is 0 Å². The zero-order chi connectivity index (χ0) is 18.8. The molecule has 0 radical (unpaired) electrons. The number of rotatable bonds is 5. The zero-order valence-corrected chi connectivity index (χ0v) is 16.4. The molecule has 1 atom stereocenters. The quantitative estimate of drug-likeness (QED) is 0.829. The second-order valence-electron chi connectivity index (χ2n) is 6.29. The third kappa shape index (κ3) is 4.88. The third-order valence-electron chi connectivity index (χ3n) is 3.96. The molecule has 25 heavy (non-hydrogen) atoms. The number of nitrogens with one attached hydrogen (secondary N) is 1. The fourth-order valence-electron chi connectivity index (χ4n) is 2.43. The molecule has 1 fully saturated rings. The number of carbonyl (C=O) groups excluding carboxylic acids is 2. The molecule has 1 aromatic rings. The highest BCUT2D eigenvalue weighted by Gasteiger charge is 2.37. The average Bonchev–Trinajstić information content (AvgIpc) is 3.00. The van der Waals surface area contributed by atoms with Crippen molar-refractivity contribution in [3.05, 3.63) is 29.8 Å². The van der Waals surface area contributed by atoms with Crippen LogP contribution in [0.15, 0.2) is 24.3 Å². The number of amides is 2. The molecule has 2 amide bonds. The predicted octanol–water partition coefficient (Wildman–Crippen LogP) is 1.44. The zero-order valence-electron chi connectivity index (χ0n) is 14.7. The van der Waals surface area contributed by atoms with Gasteiger partial charge in [-0.3, -0.25) is 14.3 Å². The summed E-state index contributed by atoms with van der Waals surface area (Å²) in [6.45, 7) is 3.85. The van der Waals surface area contributed by atoms with Crippen LogP contribution in [-0.2, 0) is 14.8 Å². The summed E-state index contributed by atoms with van der Waals surface area (Å²) >= 11 is 1.53. The van der Waals surface area contributed by atoms with Gasteiger partial charge in [0.1, 0.15) is 6.04 Å². The van der Waals surface area contributed by atoms with Crippen LogP contribution in [0.1, 0.15) is 24.2 Å². The highest BCUT2D eigenvalue weighted by atomic mass is 32.2. The molecule has 2 rings (SSSR count). The molecule has 0 saturated carbocycles. The van der Waals surface area contributed by atoms with Crippen LogP contribution in [0.25, 0.3) is 0 Å². The number of hydrogen-bond acceptors (Lipinski definition) is 5. The predicted molar refractivity (Wildman–Crippen MR) is 100 cm³/mol. The van der Waals surface area contributed by atoms with Crippen LogP contribution >= 0.6 is 11.8 Å². The first-order valence-corrected chi connectivity index (χ1v) is 10.9. The van der Waals surface area contributed by atoms with E-state index in [-0.39, 0.29) is 17.9 Å². The standard InChI is InChI=1S/C16H23N3O4S2/c1-11(2)18(3)16(21)14-9-24-10-19(14)15(20)12-6-5-7-13(8-12)17-25(4,22)23/h5-8,11,14,17H,9-10H2,1-4H3. The second-order valence-corrected chi connectivity index (χ2v) is 9.04. The Morgan fingerprint density at radius 3 is 2.64 bits per heavy atom. The van der Waals surface area contributed by atoms with Gasteiger partial charge in [0, 0.05) is 30.1 Å². The van der Waals surface area contributed by atoms with Crippen LogP contribution in [0.3, 0.4) is 0 Å². The molecule has 0 bridgehead atoms. The summed E-state index contributed by atoms with van der Waals surface area (Å²) in [5.74, 6) is 0.629. The molecule has 1 heterocycles. The van der Waals surface area contributed by atoms with E-state index >= 15 is 0 Å². The Labute approximate surface area is 152 Å². The molecule has 1 saturated heterocycles. The van der Waals surface area contributed by atoms with E-state index in [1.54, 1.807) is 35.0 Å². The maximum Gasteiger partial charge on any atom is 0.255 e. The van der Waals surface area contributed by atoms with E-state index < -0.39 is 16.1 Å². The maximum absolute atomic E-state index is 12.8. The van der Waals surface area contributed by atoms with Crippen molar-refractivity contribution < 1.29 is 18.0 Å². The van der Waals surface area contributed by atoms with E-state index in [4.69, 9.17) is 0 Å². The largest absolute Gasteiger partial charge is 0.342 e. The summed E-state index contributed by atoms with van der Waals surface area (Å²) in [7, 11) is -1.69. The Morgan fingerprint density at radius 2 is 2.04 bits per heavy atom. The van der Waals surface area contributed by atoms with Gasteiger partial charge in [-0.1, -0.05) is 6.07 Å². The van der Waals surface area contributed by atoms with Crippen LogP contribution in [0.5, 0.6) is 0 Å². The molecule has 138 valence electrons. The van der Waals surface area contributed by atoms with Crippen LogP contribution in [0.2, 0.25) is 0 Å². The van der Waals surface area contributed by atoms with Gasteiger partial charge in [0.05, 0.1) is 12.1 Å². The first-order valence-electron chi connectivity index (χ1n) is 7.83. The number of anilines is 1. The van der Waals surface area contributed by atoms with Crippen LogP contribution in [0.4, 0.5) is 5.69 Å². The minimum absolute atomic E-state index is 0.0531. The molecule has 1 N–H and O–H groups in total. The summed E-state index contributed by atoms with van der Waals surface area (Å²) in [6, 6.07) is 5.84.